The molecule has 0 radical (unpaired) electrons. The number of pyridine rings is 1. The third-order valence-corrected chi connectivity index (χ3v) is 3.26. The van der Waals surface area contributed by atoms with Gasteiger partial charge in [-0.3, -0.25) is 4.98 Å². The summed E-state index contributed by atoms with van der Waals surface area (Å²) < 4.78 is 0.929. The maximum absolute atomic E-state index is 8.96. The molecule has 2 aromatic rings. The van der Waals surface area contributed by atoms with Crippen LogP contribution in [0.5, 0.6) is 0 Å². The summed E-state index contributed by atoms with van der Waals surface area (Å²) in [5.41, 5.74) is 3.62. The molecule has 0 amide bonds. The molecule has 0 saturated carbocycles. The molecule has 0 saturated heterocycles. The molecule has 19 heavy (non-hydrogen) atoms. The van der Waals surface area contributed by atoms with Crippen molar-refractivity contribution in [2.24, 2.45) is 0 Å². The number of hydrogen-bond donors (Lipinski definition) is 1. The molecule has 1 aromatic heterocycles. The smallest absolute Gasteiger partial charge is 0.0991 e. The Labute approximate surface area is 120 Å². The van der Waals surface area contributed by atoms with Crippen molar-refractivity contribution in [3.05, 3.63) is 52.1 Å². The van der Waals surface area contributed by atoms with E-state index >= 15 is 0 Å². The first-order chi connectivity index (χ1) is 9.24. The van der Waals surface area contributed by atoms with E-state index in [4.69, 9.17) is 10.4 Å². The monoisotopic (exact) mass is 316 g/mol. The van der Waals surface area contributed by atoms with E-state index in [1.807, 2.05) is 18.2 Å². The van der Waals surface area contributed by atoms with Gasteiger partial charge in [-0.1, -0.05) is 12.1 Å². The molecule has 4 heteroatoms. The number of benzene rings is 1. The molecule has 0 bridgehead atoms. The number of aryl methyl sites for hydroxylation is 1. The van der Waals surface area contributed by atoms with Crippen LogP contribution < -0.4 is 0 Å². The van der Waals surface area contributed by atoms with Gasteiger partial charge >= 0.3 is 0 Å². The molecular formula is C15H13BrN2O. The second-order valence-corrected chi connectivity index (χ2v) is 5.09. The normalized spacial score (nSPS) is 10.2. The van der Waals surface area contributed by atoms with Gasteiger partial charge in [0.1, 0.15) is 0 Å². The zero-order chi connectivity index (χ0) is 13.7. The summed E-state index contributed by atoms with van der Waals surface area (Å²) in [6.45, 7) is 0.166. The van der Waals surface area contributed by atoms with Gasteiger partial charge in [0.2, 0.25) is 0 Å². The molecule has 1 aromatic carbocycles. The van der Waals surface area contributed by atoms with Crippen molar-refractivity contribution >= 4 is 15.9 Å². The summed E-state index contributed by atoms with van der Waals surface area (Å²) in [6, 6.07) is 11.5. The number of rotatable bonds is 4. The predicted molar refractivity (Wildman–Crippen MR) is 77.5 cm³/mol. The topological polar surface area (TPSA) is 56.9 Å². The van der Waals surface area contributed by atoms with Crippen LogP contribution in [0.25, 0.3) is 11.3 Å². The van der Waals surface area contributed by atoms with Crippen LogP contribution >= 0.6 is 15.9 Å². The average molecular weight is 317 g/mol. The minimum Gasteiger partial charge on any atom is -0.396 e. The van der Waals surface area contributed by atoms with Gasteiger partial charge in [-0.05, 0) is 52.5 Å². The van der Waals surface area contributed by atoms with Crippen LogP contribution in [0.4, 0.5) is 0 Å². The first kappa shape index (κ1) is 13.7. The third kappa shape index (κ3) is 3.40. The average Bonchev–Trinajstić information content (AvgIpc) is 2.45. The van der Waals surface area contributed by atoms with E-state index in [0.29, 0.717) is 12.0 Å². The Morgan fingerprint density at radius 3 is 2.63 bits per heavy atom. The number of nitrogens with zero attached hydrogens (tertiary/aromatic N) is 2. The molecule has 96 valence electrons. The zero-order valence-electron chi connectivity index (χ0n) is 10.3. The molecule has 1 heterocycles. The summed E-state index contributed by atoms with van der Waals surface area (Å²) in [4.78, 5) is 4.45. The predicted octanol–water partition coefficient (Wildman–Crippen LogP) is 3.31. The summed E-state index contributed by atoms with van der Waals surface area (Å²) in [7, 11) is 0. The second-order valence-electron chi connectivity index (χ2n) is 4.18. The summed E-state index contributed by atoms with van der Waals surface area (Å²) in [5.74, 6) is 0. The number of aliphatic hydroxyl groups excluding tert-OH is 1. The standard InChI is InChI=1S/C15H13BrN2O/c16-14-8-13(2-1-7-19)15(18-10-14)12-5-3-11(9-17)4-6-12/h3-6,8,10,19H,1-2,7H2. The first-order valence-electron chi connectivity index (χ1n) is 6.00. The molecule has 0 aliphatic carbocycles. The Morgan fingerprint density at radius 1 is 1.26 bits per heavy atom. The van der Waals surface area contributed by atoms with E-state index in [0.717, 1.165) is 27.7 Å². The van der Waals surface area contributed by atoms with Crippen molar-refractivity contribution in [1.82, 2.24) is 4.98 Å². The van der Waals surface area contributed by atoms with Gasteiger partial charge < -0.3 is 5.11 Å². The van der Waals surface area contributed by atoms with Gasteiger partial charge in [-0.15, -0.1) is 0 Å². The molecule has 0 aliphatic heterocycles. The van der Waals surface area contributed by atoms with Crippen LogP contribution in [0.2, 0.25) is 0 Å². The fourth-order valence-corrected chi connectivity index (χ4v) is 2.28. The lowest BCUT2D eigenvalue weighted by Gasteiger charge is -2.09. The molecule has 2 rings (SSSR count). The number of aliphatic hydroxyl groups is 1. The highest BCUT2D eigenvalue weighted by Gasteiger charge is 2.07. The fourth-order valence-electron chi connectivity index (χ4n) is 1.90. The highest BCUT2D eigenvalue weighted by Crippen LogP contribution is 2.25. The van der Waals surface area contributed by atoms with Crippen LogP contribution in [-0.2, 0) is 6.42 Å². The van der Waals surface area contributed by atoms with Crippen molar-refractivity contribution in [3.8, 4) is 17.3 Å². The van der Waals surface area contributed by atoms with E-state index < -0.39 is 0 Å². The number of halogens is 1. The quantitative estimate of drug-likeness (QED) is 0.941. The molecule has 3 nitrogen and oxygen atoms in total. The van der Waals surface area contributed by atoms with E-state index in [1.165, 1.54) is 0 Å². The van der Waals surface area contributed by atoms with E-state index in [9.17, 15) is 0 Å². The highest BCUT2D eigenvalue weighted by molar-refractivity contribution is 9.10. The van der Waals surface area contributed by atoms with E-state index in [2.05, 4.69) is 27.0 Å². The number of hydrogen-bond acceptors (Lipinski definition) is 3. The summed E-state index contributed by atoms with van der Waals surface area (Å²) in [6.07, 6.45) is 3.25. The maximum Gasteiger partial charge on any atom is 0.0991 e. The Hall–Kier alpha value is -1.70. The Bertz CT molecular complexity index is 603. The van der Waals surface area contributed by atoms with Gasteiger partial charge in [0, 0.05) is 22.8 Å². The molecule has 0 fully saturated rings. The van der Waals surface area contributed by atoms with Crippen molar-refractivity contribution < 1.29 is 5.11 Å². The van der Waals surface area contributed by atoms with Crippen molar-refractivity contribution in [1.29, 1.82) is 5.26 Å². The Kier molecular flexibility index (Phi) is 4.67. The Balaban J connectivity index is 2.39. The maximum atomic E-state index is 8.96. The van der Waals surface area contributed by atoms with Gasteiger partial charge in [-0.25, -0.2) is 0 Å². The lowest BCUT2D eigenvalue weighted by molar-refractivity contribution is 0.288. The van der Waals surface area contributed by atoms with E-state index in [-0.39, 0.29) is 6.61 Å². The minimum absolute atomic E-state index is 0.166. The summed E-state index contributed by atoms with van der Waals surface area (Å²) >= 11 is 3.42. The van der Waals surface area contributed by atoms with Crippen LogP contribution in [0.1, 0.15) is 17.5 Å². The Morgan fingerprint density at radius 2 is 2.00 bits per heavy atom. The molecule has 0 spiro atoms. The number of nitriles is 1. The van der Waals surface area contributed by atoms with Gasteiger partial charge in [0.25, 0.3) is 0 Å². The van der Waals surface area contributed by atoms with Gasteiger partial charge in [0.15, 0.2) is 0 Å². The van der Waals surface area contributed by atoms with Crippen LogP contribution in [0.15, 0.2) is 41.0 Å². The van der Waals surface area contributed by atoms with Crippen LogP contribution in [0.3, 0.4) is 0 Å². The highest BCUT2D eigenvalue weighted by atomic mass is 79.9. The lowest BCUT2D eigenvalue weighted by Crippen LogP contribution is -1.96. The largest absolute Gasteiger partial charge is 0.396 e. The molecular weight excluding hydrogens is 304 g/mol. The minimum atomic E-state index is 0.166. The first-order valence-corrected chi connectivity index (χ1v) is 6.79. The van der Waals surface area contributed by atoms with Gasteiger partial charge in [0.05, 0.1) is 17.3 Å². The SMILES string of the molecule is N#Cc1ccc(-c2ncc(Br)cc2CCCO)cc1. The van der Waals surface area contributed by atoms with E-state index in [1.54, 1.807) is 18.3 Å². The van der Waals surface area contributed by atoms with Crippen molar-refractivity contribution in [2.75, 3.05) is 6.61 Å². The van der Waals surface area contributed by atoms with Crippen molar-refractivity contribution in [2.45, 2.75) is 12.8 Å². The molecule has 0 aliphatic rings. The lowest BCUT2D eigenvalue weighted by atomic mass is 10.0. The third-order valence-electron chi connectivity index (χ3n) is 2.82. The molecule has 0 unspecified atom stereocenters. The molecule has 0 atom stereocenters. The van der Waals surface area contributed by atoms with Crippen molar-refractivity contribution in [3.63, 3.8) is 0 Å². The zero-order valence-corrected chi connectivity index (χ0v) is 11.9. The van der Waals surface area contributed by atoms with Crippen LogP contribution in [0, 0.1) is 11.3 Å². The second kappa shape index (κ2) is 6.46. The van der Waals surface area contributed by atoms with Crippen LogP contribution in [-0.4, -0.2) is 16.7 Å². The fraction of sp³-hybridized carbons (Fsp3) is 0.200. The number of aromatic nitrogens is 1. The summed E-state index contributed by atoms with van der Waals surface area (Å²) in [5, 5.41) is 17.8. The molecule has 1 N–H and O–H groups in total. The van der Waals surface area contributed by atoms with Gasteiger partial charge in [-0.2, -0.15) is 5.26 Å².